The Balaban J connectivity index is 0.000000425. The highest BCUT2D eigenvalue weighted by Crippen LogP contribution is 2.15. The lowest BCUT2D eigenvalue weighted by Crippen LogP contribution is -2.42. The van der Waals surface area contributed by atoms with Crippen molar-refractivity contribution in [1.82, 2.24) is 0 Å². The molecule has 0 amide bonds. The van der Waals surface area contributed by atoms with Crippen molar-refractivity contribution in [3.05, 3.63) is 35.9 Å². The van der Waals surface area contributed by atoms with E-state index in [4.69, 9.17) is 31.6 Å². The Morgan fingerprint density at radius 2 is 1.41 bits per heavy atom. The van der Waals surface area contributed by atoms with Crippen molar-refractivity contribution in [2.24, 2.45) is 5.73 Å². The number of nitrogen functional groups attached to an aromatic ring is 1. The summed E-state index contributed by atoms with van der Waals surface area (Å²) in [6.07, 6.45) is -2.29. The fourth-order valence-corrected chi connectivity index (χ4v) is 1.33. The Hall–Kier alpha value is -2.94. The molecule has 1 rings (SSSR count). The van der Waals surface area contributed by atoms with Crippen LogP contribution in [0.25, 0.3) is 0 Å². The number of aliphatic hydroxyl groups is 1. The zero-order valence-electron chi connectivity index (χ0n) is 11.4. The molecule has 0 fully saturated rings. The smallest absolute Gasteiger partial charge is 0.336 e. The van der Waals surface area contributed by atoms with Gasteiger partial charge in [0.2, 0.25) is 0 Å². The minimum Gasteiger partial charge on any atom is -0.481 e. The number of carboxylic acids is 3. The molecule has 120 valence electrons. The second-order valence-corrected chi connectivity index (χ2v) is 4.26. The van der Waals surface area contributed by atoms with E-state index in [1.807, 2.05) is 30.3 Å². The average molecular weight is 312 g/mol. The van der Waals surface area contributed by atoms with Gasteiger partial charge >= 0.3 is 17.9 Å². The summed E-state index contributed by atoms with van der Waals surface area (Å²) in [7, 11) is 0. The molecule has 0 aliphatic carbocycles. The normalized spacial score (nSPS) is 10.0. The molecule has 0 aliphatic rings. The van der Waals surface area contributed by atoms with Gasteiger partial charge in [-0.15, -0.1) is 0 Å². The van der Waals surface area contributed by atoms with Crippen molar-refractivity contribution < 1.29 is 34.8 Å². The van der Waals surface area contributed by atoms with Gasteiger partial charge in [0.1, 0.15) is 5.84 Å². The molecular formula is C13H16N2O7. The first-order chi connectivity index (χ1) is 10.1. The number of rotatable bonds is 6. The molecule has 0 saturated heterocycles. The van der Waals surface area contributed by atoms with Gasteiger partial charge in [0.15, 0.2) is 5.60 Å². The van der Waals surface area contributed by atoms with E-state index in [0.29, 0.717) is 0 Å². The molecule has 22 heavy (non-hydrogen) atoms. The maximum Gasteiger partial charge on any atom is 0.336 e. The summed E-state index contributed by atoms with van der Waals surface area (Å²) in [5.74, 6) is -4.90. The lowest BCUT2D eigenvalue weighted by molar-refractivity contribution is -0.170. The Labute approximate surface area is 125 Å². The molecule has 0 spiro atoms. The lowest BCUT2D eigenvalue weighted by atomic mass is 9.96. The van der Waals surface area contributed by atoms with Crippen LogP contribution in [0.4, 0.5) is 0 Å². The summed E-state index contributed by atoms with van der Waals surface area (Å²) < 4.78 is 0. The van der Waals surface area contributed by atoms with Gasteiger partial charge in [-0.3, -0.25) is 15.0 Å². The predicted molar refractivity (Wildman–Crippen MR) is 74.5 cm³/mol. The molecule has 9 heteroatoms. The van der Waals surface area contributed by atoms with E-state index in [2.05, 4.69) is 0 Å². The molecule has 0 atom stereocenters. The molecule has 0 unspecified atom stereocenters. The van der Waals surface area contributed by atoms with Crippen LogP contribution in [0.3, 0.4) is 0 Å². The molecule has 0 saturated carbocycles. The molecular weight excluding hydrogens is 296 g/mol. The van der Waals surface area contributed by atoms with E-state index in [9.17, 15) is 14.4 Å². The number of carbonyl (C=O) groups is 3. The number of aliphatic carboxylic acids is 3. The first-order valence-corrected chi connectivity index (χ1v) is 5.87. The Kier molecular flexibility index (Phi) is 7.25. The number of nitrogens with one attached hydrogen (secondary N) is 1. The Morgan fingerprint density at radius 1 is 1.00 bits per heavy atom. The highest BCUT2D eigenvalue weighted by atomic mass is 16.4. The predicted octanol–water partition coefficient (Wildman–Crippen LogP) is -0.278. The van der Waals surface area contributed by atoms with E-state index < -0.39 is 36.4 Å². The maximum atomic E-state index is 10.3. The van der Waals surface area contributed by atoms with Crippen molar-refractivity contribution in [3.63, 3.8) is 0 Å². The second kappa shape index (κ2) is 8.37. The fraction of sp³-hybridized carbons (Fsp3) is 0.231. The lowest BCUT2D eigenvalue weighted by Gasteiger charge is -2.18. The van der Waals surface area contributed by atoms with Crippen LogP contribution in [0.5, 0.6) is 0 Å². The summed E-state index contributed by atoms with van der Waals surface area (Å²) in [5.41, 5.74) is 3.23. The van der Waals surface area contributed by atoms with Crippen molar-refractivity contribution >= 4 is 23.7 Å². The van der Waals surface area contributed by atoms with E-state index in [1.165, 1.54) is 0 Å². The first-order valence-electron chi connectivity index (χ1n) is 5.87. The first kappa shape index (κ1) is 19.1. The summed E-state index contributed by atoms with van der Waals surface area (Å²) in [6, 6.07) is 9.23. The standard InChI is InChI=1S/C7H8N2.C6H8O7/c8-7(9)6-4-2-1-3-5-6;7-3(8)1-6(13,5(11)12)2-4(9)10/h1-5H,(H3,8,9);13H,1-2H2,(H,7,8)(H,9,10)(H,11,12). The number of amidine groups is 1. The average Bonchev–Trinajstić information content (AvgIpc) is 2.38. The Bertz CT molecular complexity index is 541. The maximum absolute atomic E-state index is 10.3. The highest BCUT2D eigenvalue weighted by molar-refractivity contribution is 5.94. The van der Waals surface area contributed by atoms with Crippen LogP contribution < -0.4 is 5.73 Å². The van der Waals surface area contributed by atoms with Gasteiger partial charge in [0, 0.05) is 5.56 Å². The SMILES string of the molecule is N=C(N)c1ccccc1.O=C(O)CC(O)(CC(=O)O)C(=O)O. The van der Waals surface area contributed by atoms with Gasteiger partial charge in [0.25, 0.3) is 0 Å². The topological polar surface area (TPSA) is 182 Å². The third-order valence-corrected chi connectivity index (χ3v) is 2.37. The monoisotopic (exact) mass is 312 g/mol. The molecule has 1 aromatic carbocycles. The third kappa shape index (κ3) is 7.01. The van der Waals surface area contributed by atoms with E-state index in [0.717, 1.165) is 5.56 Å². The van der Waals surface area contributed by atoms with Gasteiger partial charge in [0.05, 0.1) is 12.8 Å². The number of hydrogen-bond donors (Lipinski definition) is 6. The highest BCUT2D eigenvalue weighted by Gasteiger charge is 2.40. The molecule has 9 nitrogen and oxygen atoms in total. The van der Waals surface area contributed by atoms with Crippen LogP contribution >= 0.6 is 0 Å². The van der Waals surface area contributed by atoms with Crippen molar-refractivity contribution in [1.29, 1.82) is 5.41 Å². The van der Waals surface area contributed by atoms with Crippen LogP contribution in [0.1, 0.15) is 18.4 Å². The van der Waals surface area contributed by atoms with Gasteiger partial charge in [-0.2, -0.15) is 0 Å². The quantitative estimate of drug-likeness (QED) is 0.306. The molecule has 0 aliphatic heterocycles. The van der Waals surface area contributed by atoms with Gasteiger partial charge < -0.3 is 26.2 Å². The molecule has 7 N–H and O–H groups in total. The third-order valence-electron chi connectivity index (χ3n) is 2.37. The van der Waals surface area contributed by atoms with Gasteiger partial charge in [-0.25, -0.2) is 4.79 Å². The number of nitrogens with two attached hydrogens (primary N) is 1. The van der Waals surface area contributed by atoms with Crippen LogP contribution in [0.15, 0.2) is 30.3 Å². The zero-order valence-corrected chi connectivity index (χ0v) is 11.4. The van der Waals surface area contributed by atoms with Crippen LogP contribution in [0, 0.1) is 5.41 Å². The van der Waals surface area contributed by atoms with Crippen LogP contribution in [0.2, 0.25) is 0 Å². The number of carboxylic acid groups (broad SMARTS) is 3. The largest absolute Gasteiger partial charge is 0.481 e. The minimum atomic E-state index is -2.74. The van der Waals surface area contributed by atoms with Gasteiger partial charge in [-0.05, 0) is 0 Å². The summed E-state index contributed by atoms with van der Waals surface area (Å²) in [5, 5.41) is 40.8. The van der Waals surface area contributed by atoms with Crippen LogP contribution in [-0.4, -0.2) is 49.8 Å². The second-order valence-electron chi connectivity index (χ2n) is 4.26. The summed E-state index contributed by atoms with van der Waals surface area (Å²) in [6.45, 7) is 0. The molecule has 1 aromatic rings. The van der Waals surface area contributed by atoms with Crippen LogP contribution in [-0.2, 0) is 14.4 Å². The van der Waals surface area contributed by atoms with Crippen molar-refractivity contribution in [3.8, 4) is 0 Å². The summed E-state index contributed by atoms with van der Waals surface area (Å²) >= 11 is 0. The fourth-order valence-electron chi connectivity index (χ4n) is 1.33. The van der Waals surface area contributed by atoms with Crippen molar-refractivity contribution in [2.45, 2.75) is 18.4 Å². The number of hydrogen-bond acceptors (Lipinski definition) is 5. The molecule has 0 aromatic heterocycles. The number of benzene rings is 1. The van der Waals surface area contributed by atoms with E-state index >= 15 is 0 Å². The summed E-state index contributed by atoms with van der Waals surface area (Å²) in [4.78, 5) is 30.5. The molecule has 0 bridgehead atoms. The molecule has 0 heterocycles. The van der Waals surface area contributed by atoms with E-state index in [1.54, 1.807) is 0 Å². The zero-order chi connectivity index (χ0) is 17.3. The van der Waals surface area contributed by atoms with Gasteiger partial charge in [-0.1, -0.05) is 30.3 Å². The van der Waals surface area contributed by atoms with E-state index in [-0.39, 0.29) is 5.84 Å². The minimum absolute atomic E-state index is 0.121. The van der Waals surface area contributed by atoms with Crippen molar-refractivity contribution in [2.75, 3.05) is 0 Å². The Morgan fingerprint density at radius 3 is 1.64 bits per heavy atom. The molecule has 0 radical (unpaired) electrons.